The third kappa shape index (κ3) is 1.61. The number of fused-ring (bicyclic) bond motifs is 1. The van der Waals surface area contributed by atoms with Gasteiger partial charge in [-0.05, 0) is 23.8 Å². The second-order valence-corrected chi connectivity index (χ2v) is 5.17. The van der Waals surface area contributed by atoms with Crippen LogP contribution in [-0.2, 0) is 5.00 Å². The second-order valence-electron chi connectivity index (χ2n) is 4.17. The van der Waals surface area contributed by atoms with E-state index in [-0.39, 0.29) is 5.91 Å². The average molecular weight is 278 g/mol. The minimum absolute atomic E-state index is 0.157. The zero-order chi connectivity index (χ0) is 12.8. The summed E-state index contributed by atoms with van der Waals surface area (Å²) in [5, 5.41) is 3.45. The molecule has 3 rings (SSSR count). The van der Waals surface area contributed by atoms with Gasteiger partial charge in [-0.15, -0.1) is 0 Å². The minimum atomic E-state index is -1.00. The summed E-state index contributed by atoms with van der Waals surface area (Å²) in [6.07, 6.45) is 0. The molecule has 1 aliphatic heterocycles. The third-order valence-corrected chi connectivity index (χ3v) is 3.84. The van der Waals surface area contributed by atoms with Crippen molar-refractivity contribution in [3.63, 3.8) is 0 Å². The first-order chi connectivity index (χ1) is 8.61. The summed E-state index contributed by atoms with van der Waals surface area (Å²) < 4.78 is 0. The molecule has 0 saturated heterocycles. The molecule has 1 atom stereocenters. The molecule has 1 aliphatic rings. The Kier molecular flexibility index (Phi) is 2.58. The number of carbonyl (C=O) groups excluding carboxylic acids is 1. The Morgan fingerprint density at radius 2 is 1.67 bits per heavy atom. The second kappa shape index (κ2) is 4.01. The molecule has 0 saturated carbocycles. The summed E-state index contributed by atoms with van der Waals surface area (Å²) in [6, 6.07) is 14.5. The van der Waals surface area contributed by atoms with Crippen molar-refractivity contribution in [1.29, 1.82) is 0 Å². The molecule has 2 nitrogen and oxygen atoms in total. The number of rotatable bonds is 1. The van der Waals surface area contributed by atoms with Crippen molar-refractivity contribution in [2.75, 3.05) is 0 Å². The van der Waals surface area contributed by atoms with E-state index < -0.39 is 5.00 Å². The molecule has 0 spiro atoms. The Hall–Kier alpha value is -1.51. The fraction of sp³-hybridized carbons (Fsp3) is 0.0714. The van der Waals surface area contributed by atoms with Crippen LogP contribution in [0.1, 0.15) is 21.5 Å². The number of alkyl halides is 1. The molecule has 1 N–H and O–H groups in total. The number of benzene rings is 2. The van der Waals surface area contributed by atoms with E-state index in [1.807, 2.05) is 30.3 Å². The van der Waals surface area contributed by atoms with Gasteiger partial charge in [-0.2, -0.15) is 0 Å². The van der Waals surface area contributed by atoms with Crippen LogP contribution in [0.4, 0.5) is 0 Å². The fourth-order valence-electron chi connectivity index (χ4n) is 2.18. The van der Waals surface area contributed by atoms with Crippen LogP contribution in [0.5, 0.6) is 0 Å². The molecule has 0 fully saturated rings. The van der Waals surface area contributed by atoms with Crippen LogP contribution in [0.25, 0.3) is 0 Å². The van der Waals surface area contributed by atoms with Crippen molar-refractivity contribution in [1.82, 2.24) is 5.32 Å². The first-order valence-corrected chi connectivity index (χ1v) is 6.24. The summed E-state index contributed by atoms with van der Waals surface area (Å²) in [6.45, 7) is 0. The highest BCUT2D eigenvalue weighted by atomic mass is 35.5. The zero-order valence-electron chi connectivity index (χ0n) is 9.28. The number of amides is 1. The van der Waals surface area contributed by atoms with E-state index in [1.165, 1.54) is 0 Å². The Morgan fingerprint density at radius 3 is 2.39 bits per heavy atom. The first-order valence-electron chi connectivity index (χ1n) is 5.48. The van der Waals surface area contributed by atoms with Crippen molar-refractivity contribution in [3.05, 3.63) is 70.2 Å². The normalized spacial score (nSPS) is 21.6. The van der Waals surface area contributed by atoms with Crippen LogP contribution >= 0.6 is 23.2 Å². The molecule has 1 amide bonds. The highest BCUT2D eigenvalue weighted by Crippen LogP contribution is 2.40. The first kappa shape index (κ1) is 11.6. The van der Waals surface area contributed by atoms with Gasteiger partial charge in [-0.25, -0.2) is 0 Å². The molecular weight excluding hydrogens is 269 g/mol. The topological polar surface area (TPSA) is 29.1 Å². The standard InChI is InChI=1S/C14H9Cl2NO/c15-10-7-5-9(6-8-10)14(16)12-4-2-1-3-11(12)13(18)17-14/h1-8H,(H,17,18). The van der Waals surface area contributed by atoms with Crippen molar-refractivity contribution >= 4 is 29.1 Å². The lowest BCUT2D eigenvalue weighted by Crippen LogP contribution is -2.34. The van der Waals surface area contributed by atoms with E-state index in [2.05, 4.69) is 5.32 Å². The minimum Gasteiger partial charge on any atom is -0.326 e. The number of hydrogen-bond acceptors (Lipinski definition) is 1. The zero-order valence-corrected chi connectivity index (χ0v) is 10.8. The molecule has 1 heterocycles. The molecule has 0 aromatic heterocycles. The molecule has 0 aliphatic carbocycles. The molecule has 0 radical (unpaired) electrons. The van der Waals surface area contributed by atoms with Gasteiger partial charge < -0.3 is 5.32 Å². The van der Waals surface area contributed by atoms with E-state index in [9.17, 15) is 4.79 Å². The Labute approximate surface area is 115 Å². The smallest absolute Gasteiger partial charge is 0.253 e. The summed E-state index contributed by atoms with van der Waals surface area (Å²) in [4.78, 5) is 10.9. The van der Waals surface area contributed by atoms with Crippen LogP contribution in [-0.4, -0.2) is 5.91 Å². The molecular formula is C14H9Cl2NO. The largest absolute Gasteiger partial charge is 0.326 e. The maximum Gasteiger partial charge on any atom is 0.253 e. The molecule has 1 unspecified atom stereocenters. The summed E-state index contributed by atoms with van der Waals surface area (Å²) in [7, 11) is 0. The average Bonchev–Trinajstić information content (AvgIpc) is 2.64. The Bertz CT molecular complexity index is 624. The quantitative estimate of drug-likeness (QED) is 0.627. The maximum absolute atomic E-state index is 11.9. The Balaban J connectivity index is 2.17. The molecule has 2 aromatic rings. The van der Waals surface area contributed by atoms with Crippen molar-refractivity contribution in [2.24, 2.45) is 0 Å². The van der Waals surface area contributed by atoms with Crippen molar-refractivity contribution in [2.45, 2.75) is 5.00 Å². The third-order valence-electron chi connectivity index (χ3n) is 3.07. The number of nitrogens with one attached hydrogen (secondary N) is 1. The van der Waals surface area contributed by atoms with E-state index in [0.29, 0.717) is 10.6 Å². The van der Waals surface area contributed by atoms with Gasteiger partial charge in [0.25, 0.3) is 5.91 Å². The van der Waals surface area contributed by atoms with Crippen LogP contribution in [0.3, 0.4) is 0 Å². The van der Waals surface area contributed by atoms with Gasteiger partial charge in [0.2, 0.25) is 0 Å². The van der Waals surface area contributed by atoms with E-state index >= 15 is 0 Å². The predicted molar refractivity (Wildman–Crippen MR) is 72.0 cm³/mol. The van der Waals surface area contributed by atoms with Crippen LogP contribution in [0, 0.1) is 0 Å². The van der Waals surface area contributed by atoms with E-state index in [4.69, 9.17) is 23.2 Å². The number of carbonyl (C=O) groups is 1. The van der Waals surface area contributed by atoms with Gasteiger partial charge in [0, 0.05) is 16.1 Å². The molecule has 0 bridgehead atoms. The maximum atomic E-state index is 11.9. The van der Waals surface area contributed by atoms with Crippen molar-refractivity contribution < 1.29 is 4.79 Å². The summed E-state index contributed by atoms with van der Waals surface area (Å²) >= 11 is 12.5. The highest BCUT2D eigenvalue weighted by Gasteiger charge is 2.42. The lowest BCUT2D eigenvalue weighted by molar-refractivity contribution is 0.0955. The van der Waals surface area contributed by atoms with Crippen LogP contribution < -0.4 is 5.32 Å². The van der Waals surface area contributed by atoms with Gasteiger partial charge in [-0.3, -0.25) is 4.79 Å². The summed E-state index contributed by atoms with van der Waals surface area (Å²) in [5.41, 5.74) is 2.19. The fourth-order valence-corrected chi connectivity index (χ4v) is 2.68. The molecule has 18 heavy (non-hydrogen) atoms. The van der Waals surface area contributed by atoms with Gasteiger partial charge in [0.05, 0.1) is 0 Å². The van der Waals surface area contributed by atoms with Gasteiger partial charge in [-0.1, -0.05) is 53.5 Å². The molecule has 4 heteroatoms. The van der Waals surface area contributed by atoms with Gasteiger partial charge in [0.15, 0.2) is 5.00 Å². The van der Waals surface area contributed by atoms with E-state index in [1.54, 1.807) is 18.2 Å². The monoisotopic (exact) mass is 277 g/mol. The highest BCUT2D eigenvalue weighted by molar-refractivity contribution is 6.31. The SMILES string of the molecule is O=C1NC(Cl)(c2ccc(Cl)cc2)c2ccccc21. The number of hydrogen-bond donors (Lipinski definition) is 1. The van der Waals surface area contributed by atoms with Gasteiger partial charge in [0.1, 0.15) is 0 Å². The lowest BCUT2D eigenvalue weighted by Gasteiger charge is -2.23. The number of halogens is 2. The van der Waals surface area contributed by atoms with Crippen LogP contribution in [0.2, 0.25) is 5.02 Å². The molecule has 90 valence electrons. The van der Waals surface area contributed by atoms with Crippen molar-refractivity contribution in [3.8, 4) is 0 Å². The lowest BCUT2D eigenvalue weighted by atomic mass is 9.98. The predicted octanol–water partition coefficient (Wildman–Crippen LogP) is 3.52. The Morgan fingerprint density at radius 1 is 1.00 bits per heavy atom. The van der Waals surface area contributed by atoms with Crippen LogP contribution in [0.15, 0.2) is 48.5 Å². The van der Waals surface area contributed by atoms with Gasteiger partial charge >= 0.3 is 0 Å². The molecule has 2 aromatic carbocycles. The summed E-state index contributed by atoms with van der Waals surface area (Å²) in [5.74, 6) is -0.157. The van der Waals surface area contributed by atoms with E-state index in [0.717, 1.165) is 11.1 Å².